The fourth-order valence-corrected chi connectivity index (χ4v) is 1.07. The molecule has 3 nitrogen and oxygen atoms in total. The van der Waals surface area contributed by atoms with E-state index < -0.39 is 11.7 Å². The zero-order chi connectivity index (χ0) is 11.3. The number of aliphatic hydroxyl groups is 2. The van der Waals surface area contributed by atoms with Crippen molar-refractivity contribution in [2.75, 3.05) is 6.61 Å². The molecule has 1 rings (SSSR count). The normalized spacial score (nSPS) is 17.1. The molecule has 15 heavy (non-hydrogen) atoms. The molecular weight excluding hydrogens is 192 g/mol. The molecule has 0 aliphatic carbocycles. The minimum absolute atomic E-state index is 0.125. The third-order valence-corrected chi connectivity index (χ3v) is 2.41. The van der Waals surface area contributed by atoms with Crippen LogP contribution in [0.15, 0.2) is 30.3 Å². The summed E-state index contributed by atoms with van der Waals surface area (Å²) in [6.07, 6.45) is -0.798. The summed E-state index contributed by atoms with van der Waals surface area (Å²) in [5.41, 5.74) is -0.131. The molecule has 3 heteroatoms. The van der Waals surface area contributed by atoms with E-state index in [1.54, 1.807) is 13.8 Å². The van der Waals surface area contributed by atoms with Crippen molar-refractivity contribution in [2.24, 2.45) is 0 Å². The average molecular weight is 210 g/mol. The molecule has 0 saturated carbocycles. The van der Waals surface area contributed by atoms with Gasteiger partial charge in [-0.2, -0.15) is 0 Å². The maximum absolute atomic E-state index is 9.69. The molecule has 0 bridgehead atoms. The molecule has 2 atom stereocenters. The molecule has 0 aliphatic rings. The zero-order valence-electron chi connectivity index (χ0n) is 9.18. The third kappa shape index (κ3) is 4.00. The van der Waals surface area contributed by atoms with Crippen LogP contribution in [-0.4, -0.2) is 28.5 Å². The van der Waals surface area contributed by atoms with Gasteiger partial charge in [0.15, 0.2) is 0 Å². The van der Waals surface area contributed by atoms with E-state index >= 15 is 0 Å². The van der Waals surface area contributed by atoms with Gasteiger partial charge in [-0.3, -0.25) is 0 Å². The number of aliphatic hydroxyl groups excluding tert-OH is 1. The van der Waals surface area contributed by atoms with Crippen molar-refractivity contribution < 1.29 is 14.9 Å². The smallest absolute Gasteiger partial charge is 0.111 e. The van der Waals surface area contributed by atoms with Crippen LogP contribution < -0.4 is 0 Å². The standard InChI is InChI=1S/C12H18O3/c1-10(13)12(2,14)9-15-8-11-6-4-3-5-7-11/h3-7,10,13-14H,8-9H2,1-2H3. The lowest BCUT2D eigenvalue weighted by atomic mass is 10.0. The highest BCUT2D eigenvalue weighted by atomic mass is 16.5. The minimum Gasteiger partial charge on any atom is -0.390 e. The van der Waals surface area contributed by atoms with Crippen molar-refractivity contribution in [2.45, 2.75) is 32.2 Å². The van der Waals surface area contributed by atoms with E-state index in [9.17, 15) is 10.2 Å². The Labute approximate surface area is 90.3 Å². The second kappa shape index (κ2) is 5.26. The average Bonchev–Trinajstić information content (AvgIpc) is 2.19. The van der Waals surface area contributed by atoms with Crippen LogP contribution in [0.2, 0.25) is 0 Å². The van der Waals surface area contributed by atoms with Crippen LogP contribution in [0.5, 0.6) is 0 Å². The van der Waals surface area contributed by atoms with E-state index in [0.717, 1.165) is 5.56 Å². The van der Waals surface area contributed by atoms with Crippen molar-refractivity contribution >= 4 is 0 Å². The van der Waals surface area contributed by atoms with E-state index in [1.165, 1.54) is 0 Å². The summed E-state index contributed by atoms with van der Waals surface area (Å²) in [5.74, 6) is 0. The van der Waals surface area contributed by atoms with Gasteiger partial charge in [0.1, 0.15) is 5.60 Å². The predicted molar refractivity (Wildman–Crippen MR) is 58.4 cm³/mol. The van der Waals surface area contributed by atoms with Crippen molar-refractivity contribution in [1.29, 1.82) is 0 Å². The van der Waals surface area contributed by atoms with Gasteiger partial charge in [0.2, 0.25) is 0 Å². The molecule has 0 amide bonds. The first-order valence-corrected chi connectivity index (χ1v) is 5.04. The summed E-state index contributed by atoms with van der Waals surface area (Å²) in [6.45, 7) is 3.68. The zero-order valence-corrected chi connectivity index (χ0v) is 9.18. The molecule has 1 aromatic carbocycles. The maximum atomic E-state index is 9.69. The molecular formula is C12H18O3. The number of benzene rings is 1. The molecule has 84 valence electrons. The van der Waals surface area contributed by atoms with Crippen LogP contribution in [0.3, 0.4) is 0 Å². The Kier molecular flexibility index (Phi) is 4.27. The van der Waals surface area contributed by atoms with Gasteiger partial charge >= 0.3 is 0 Å². The quantitative estimate of drug-likeness (QED) is 0.771. The molecule has 0 aromatic heterocycles. The second-order valence-corrected chi connectivity index (χ2v) is 4.01. The molecule has 2 unspecified atom stereocenters. The molecule has 0 heterocycles. The van der Waals surface area contributed by atoms with Crippen LogP contribution in [0.4, 0.5) is 0 Å². The third-order valence-electron chi connectivity index (χ3n) is 2.41. The minimum atomic E-state index is -1.19. The summed E-state index contributed by atoms with van der Waals surface area (Å²) in [6, 6.07) is 9.72. The Balaban J connectivity index is 2.34. The molecule has 0 aliphatic heterocycles. The van der Waals surface area contributed by atoms with Gasteiger partial charge in [-0.1, -0.05) is 30.3 Å². The van der Waals surface area contributed by atoms with Crippen LogP contribution in [0.25, 0.3) is 0 Å². The Hall–Kier alpha value is -0.900. The summed E-state index contributed by atoms with van der Waals surface area (Å²) < 4.78 is 5.34. The van der Waals surface area contributed by atoms with Crippen molar-refractivity contribution in [3.05, 3.63) is 35.9 Å². The fraction of sp³-hybridized carbons (Fsp3) is 0.500. The van der Waals surface area contributed by atoms with Gasteiger partial charge in [0.05, 0.1) is 19.3 Å². The lowest BCUT2D eigenvalue weighted by molar-refractivity contribution is -0.105. The second-order valence-electron chi connectivity index (χ2n) is 4.01. The number of ether oxygens (including phenoxy) is 1. The summed E-state index contributed by atoms with van der Waals surface area (Å²) >= 11 is 0. The molecule has 0 spiro atoms. The lowest BCUT2D eigenvalue weighted by Gasteiger charge is -2.26. The number of hydrogen-bond donors (Lipinski definition) is 2. The van der Waals surface area contributed by atoms with Gasteiger partial charge in [-0.05, 0) is 19.4 Å². The van der Waals surface area contributed by atoms with Gasteiger partial charge in [-0.25, -0.2) is 0 Å². The molecule has 0 saturated heterocycles. The summed E-state index contributed by atoms with van der Waals surface area (Å²) in [4.78, 5) is 0. The topological polar surface area (TPSA) is 49.7 Å². The van der Waals surface area contributed by atoms with Crippen LogP contribution in [0, 0.1) is 0 Å². The van der Waals surface area contributed by atoms with E-state index in [0.29, 0.717) is 6.61 Å². The Morgan fingerprint density at radius 1 is 1.33 bits per heavy atom. The highest BCUT2D eigenvalue weighted by Gasteiger charge is 2.26. The van der Waals surface area contributed by atoms with Crippen LogP contribution >= 0.6 is 0 Å². The highest BCUT2D eigenvalue weighted by Crippen LogP contribution is 2.11. The van der Waals surface area contributed by atoms with Crippen molar-refractivity contribution in [3.63, 3.8) is 0 Å². The van der Waals surface area contributed by atoms with Gasteiger partial charge in [0.25, 0.3) is 0 Å². The van der Waals surface area contributed by atoms with E-state index in [4.69, 9.17) is 4.74 Å². The van der Waals surface area contributed by atoms with Crippen LogP contribution in [0.1, 0.15) is 19.4 Å². The first-order valence-electron chi connectivity index (χ1n) is 5.04. The first-order chi connectivity index (χ1) is 7.02. The molecule has 0 fully saturated rings. The Bertz CT molecular complexity index is 280. The monoisotopic (exact) mass is 210 g/mol. The fourth-order valence-electron chi connectivity index (χ4n) is 1.07. The molecule has 1 aromatic rings. The Morgan fingerprint density at radius 2 is 1.93 bits per heavy atom. The summed E-state index contributed by atoms with van der Waals surface area (Å²) in [7, 11) is 0. The maximum Gasteiger partial charge on any atom is 0.111 e. The Morgan fingerprint density at radius 3 is 2.47 bits per heavy atom. The number of rotatable bonds is 5. The largest absolute Gasteiger partial charge is 0.390 e. The van der Waals surface area contributed by atoms with Crippen molar-refractivity contribution in [3.8, 4) is 0 Å². The van der Waals surface area contributed by atoms with E-state index in [2.05, 4.69) is 0 Å². The summed E-state index contributed by atoms with van der Waals surface area (Å²) in [5, 5.41) is 18.9. The van der Waals surface area contributed by atoms with Gasteiger partial charge < -0.3 is 14.9 Å². The number of hydrogen-bond acceptors (Lipinski definition) is 3. The van der Waals surface area contributed by atoms with Gasteiger partial charge in [0, 0.05) is 0 Å². The van der Waals surface area contributed by atoms with E-state index in [-0.39, 0.29) is 6.61 Å². The highest BCUT2D eigenvalue weighted by molar-refractivity contribution is 5.13. The SMILES string of the molecule is CC(O)C(C)(O)COCc1ccccc1. The van der Waals surface area contributed by atoms with Gasteiger partial charge in [-0.15, -0.1) is 0 Å². The van der Waals surface area contributed by atoms with Crippen molar-refractivity contribution in [1.82, 2.24) is 0 Å². The molecule has 0 radical (unpaired) electrons. The lowest BCUT2D eigenvalue weighted by Crippen LogP contribution is -2.41. The predicted octanol–water partition coefficient (Wildman–Crippen LogP) is 1.33. The first kappa shape index (κ1) is 12.2. The van der Waals surface area contributed by atoms with E-state index in [1.807, 2.05) is 30.3 Å². The molecule has 2 N–H and O–H groups in total. The van der Waals surface area contributed by atoms with Crippen LogP contribution in [-0.2, 0) is 11.3 Å².